The van der Waals surface area contributed by atoms with E-state index in [0.717, 1.165) is 0 Å². The summed E-state index contributed by atoms with van der Waals surface area (Å²) in [5.74, 6) is 0. The molecule has 0 unspecified atom stereocenters. The normalized spacial score (nSPS) is 19.2. The Labute approximate surface area is 214 Å². The highest BCUT2D eigenvalue weighted by Crippen LogP contribution is 2.46. The second-order valence-corrected chi connectivity index (χ2v) is 10.5. The van der Waals surface area contributed by atoms with Gasteiger partial charge in [-0.15, -0.1) is 10.2 Å². The number of allylic oxidation sites excluding steroid dienone is 6. The van der Waals surface area contributed by atoms with E-state index in [2.05, 4.69) is 118 Å². The van der Waals surface area contributed by atoms with Gasteiger partial charge < -0.3 is 4.90 Å². The topological polar surface area (TPSA) is 122 Å². The second-order valence-electron chi connectivity index (χ2n) is 9.78. The lowest BCUT2D eigenvalue weighted by molar-refractivity contribution is -2.00. The molecule has 2 aliphatic heterocycles. The van der Waals surface area contributed by atoms with Crippen molar-refractivity contribution >= 4 is 17.1 Å². The molecule has 36 heavy (non-hydrogen) atoms. The van der Waals surface area contributed by atoms with E-state index in [9.17, 15) is 5.26 Å². The Morgan fingerprint density at radius 2 is 1.50 bits per heavy atom. The minimum atomic E-state index is -4.94. The van der Waals surface area contributed by atoms with Crippen LogP contribution in [-0.2, 0) is 10.8 Å². The van der Waals surface area contributed by atoms with Crippen LogP contribution in [0.3, 0.4) is 0 Å². The van der Waals surface area contributed by atoms with E-state index in [0.29, 0.717) is 5.57 Å². The Morgan fingerprint density at radius 1 is 0.944 bits per heavy atom. The molecule has 0 bridgehead atoms. The summed E-state index contributed by atoms with van der Waals surface area (Å²) in [5, 5.41) is 9.78. The lowest BCUT2D eigenvalue weighted by atomic mass is 9.81. The quantitative estimate of drug-likeness (QED) is 0.350. The number of fused-ring (bicyclic) bond motifs is 2. The number of anilines is 1. The third-order valence-corrected chi connectivity index (χ3v) is 6.85. The number of halogens is 1. The molecule has 7 nitrogen and oxygen atoms in total. The zero-order valence-electron chi connectivity index (χ0n) is 21.3. The summed E-state index contributed by atoms with van der Waals surface area (Å²) in [6, 6.07) is 19.4. The molecule has 0 spiro atoms. The molecule has 0 atom stereocenters. The van der Waals surface area contributed by atoms with Crippen molar-refractivity contribution in [3.8, 4) is 6.07 Å². The number of benzene rings is 2. The molecule has 0 amide bonds. The van der Waals surface area contributed by atoms with Crippen molar-refractivity contribution in [3.05, 3.63) is 95.2 Å². The highest BCUT2D eigenvalue weighted by Gasteiger charge is 2.42. The van der Waals surface area contributed by atoms with Gasteiger partial charge in [-0.3, -0.25) is 0 Å². The molecule has 2 aliphatic rings. The van der Waals surface area contributed by atoms with E-state index in [-0.39, 0.29) is 10.8 Å². The first-order valence-corrected chi connectivity index (χ1v) is 12.6. The number of rotatable bonds is 3. The first-order valence-electron chi connectivity index (χ1n) is 11.4. The van der Waals surface area contributed by atoms with Gasteiger partial charge in [-0.05, 0) is 43.7 Å². The molecular formula is C28H30ClN3O4. The van der Waals surface area contributed by atoms with Crippen molar-refractivity contribution < 1.29 is 33.5 Å². The number of nitrogens with zero attached hydrogens (tertiary/aromatic N) is 3. The van der Waals surface area contributed by atoms with Crippen LogP contribution in [0.1, 0.15) is 38.8 Å². The highest BCUT2D eigenvalue weighted by atomic mass is 35.7. The van der Waals surface area contributed by atoms with Crippen LogP contribution in [-0.4, -0.2) is 24.4 Å². The molecule has 4 rings (SSSR count). The van der Waals surface area contributed by atoms with Crippen molar-refractivity contribution in [2.24, 2.45) is 0 Å². The van der Waals surface area contributed by atoms with Gasteiger partial charge in [0.15, 0.2) is 5.71 Å². The zero-order valence-corrected chi connectivity index (χ0v) is 22.0. The van der Waals surface area contributed by atoms with Crippen molar-refractivity contribution in [1.82, 2.24) is 0 Å². The predicted molar refractivity (Wildman–Crippen MR) is 129 cm³/mol. The van der Waals surface area contributed by atoms with Crippen LogP contribution in [0.2, 0.25) is 0 Å². The summed E-state index contributed by atoms with van der Waals surface area (Å²) in [5.41, 5.74) is 7.89. The van der Waals surface area contributed by atoms with Crippen LogP contribution in [0.15, 0.2) is 84.1 Å². The van der Waals surface area contributed by atoms with Crippen molar-refractivity contribution in [3.63, 3.8) is 0 Å². The number of nitriles is 1. The van der Waals surface area contributed by atoms with E-state index in [1.807, 2.05) is 12.2 Å². The maximum absolute atomic E-state index is 9.78. The van der Waals surface area contributed by atoms with Gasteiger partial charge in [0.05, 0.1) is 17.1 Å². The van der Waals surface area contributed by atoms with Crippen LogP contribution < -0.4 is 23.5 Å². The summed E-state index contributed by atoms with van der Waals surface area (Å²) in [4.78, 5) is 2.23. The number of hydrogen-bond donors (Lipinski definition) is 0. The molecular weight excluding hydrogens is 478 g/mol. The van der Waals surface area contributed by atoms with E-state index in [1.165, 1.54) is 33.9 Å². The summed E-state index contributed by atoms with van der Waals surface area (Å²) >= 11 is 0. The molecule has 0 aromatic heterocycles. The van der Waals surface area contributed by atoms with Gasteiger partial charge in [-0.1, -0.05) is 50.2 Å². The number of likely N-dealkylation sites (N-methyl/N-ethyl adjacent to an activating group) is 1. The lowest BCUT2D eigenvalue weighted by Gasteiger charge is -2.23. The Kier molecular flexibility index (Phi) is 7.61. The van der Waals surface area contributed by atoms with Gasteiger partial charge in [0.25, 0.3) is 0 Å². The summed E-state index contributed by atoms with van der Waals surface area (Å²) in [6.07, 6.45) is 8.05. The van der Waals surface area contributed by atoms with Gasteiger partial charge in [0.1, 0.15) is 7.05 Å². The second kappa shape index (κ2) is 10.0. The molecule has 2 aromatic rings. The van der Waals surface area contributed by atoms with Gasteiger partial charge in [0, 0.05) is 41.6 Å². The van der Waals surface area contributed by atoms with Gasteiger partial charge in [0.2, 0.25) is 5.69 Å². The fraction of sp³-hybridized carbons (Fsp3) is 0.286. The van der Waals surface area contributed by atoms with Crippen LogP contribution in [0.5, 0.6) is 0 Å². The molecule has 2 heterocycles. The maximum atomic E-state index is 9.78. The lowest BCUT2D eigenvalue weighted by Crippen LogP contribution is -2.68. The Balaban J connectivity index is 0.000000658. The average Bonchev–Trinajstić information content (AvgIpc) is 3.12. The highest BCUT2D eigenvalue weighted by molar-refractivity contribution is 6.03. The molecule has 188 valence electrons. The largest absolute Gasteiger partial charge is 0.347 e. The van der Waals surface area contributed by atoms with E-state index in [1.54, 1.807) is 0 Å². The fourth-order valence-electron chi connectivity index (χ4n) is 5.07. The smallest absolute Gasteiger partial charge is 0.209 e. The van der Waals surface area contributed by atoms with Crippen molar-refractivity contribution in [1.29, 1.82) is 5.26 Å². The van der Waals surface area contributed by atoms with Gasteiger partial charge in [-0.2, -0.15) is 9.84 Å². The zero-order chi connectivity index (χ0) is 26.9. The van der Waals surface area contributed by atoms with Gasteiger partial charge in [-0.25, -0.2) is 18.6 Å². The first-order chi connectivity index (χ1) is 16.7. The molecule has 0 radical (unpaired) electrons. The minimum absolute atomic E-state index is 0.101. The molecule has 0 fully saturated rings. The van der Waals surface area contributed by atoms with Crippen molar-refractivity contribution in [2.45, 2.75) is 38.5 Å². The third kappa shape index (κ3) is 5.44. The van der Waals surface area contributed by atoms with Crippen LogP contribution in [0.4, 0.5) is 11.4 Å². The molecule has 8 heteroatoms. The Bertz CT molecular complexity index is 1320. The number of para-hydroxylation sites is 2. The third-order valence-electron chi connectivity index (χ3n) is 6.85. The summed E-state index contributed by atoms with van der Waals surface area (Å²) in [6.45, 7) is 8.94. The Hall–Kier alpha value is -3.25. The Morgan fingerprint density at radius 3 is 2.06 bits per heavy atom. The molecule has 0 saturated carbocycles. The monoisotopic (exact) mass is 507 g/mol. The summed E-state index contributed by atoms with van der Waals surface area (Å²) < 4.78 is 36.2. The van der Waals surface area contributed by atoms with Crippen LogP contribution in [0.25, 0.3) is 0 Å². The molecule has 0 aliphatic carbocycles. The number of hydrogen-bond acceptors (Lipinski definition) is 6. The van der Waals surface area contributed by atoms with Crippen LogP contribution >= 0.6 is 0 Å². The average molecular weight is 508 g/mol. The van der Waals surface area contributed by atoms with Gasteiger partial charge >= 0.3 is 0 Å². The molecule has 2 aromatic carbocycles. The maximum Gasteiger partial charge on any atom is 0.209 e. The predicted octanol–water partition coefficient (Wildman–Crippen LogP) is 1.25. The fourth-order valence-corrected chi connectivity index (χ4v) is 5.07. The van der Waals surface area contributed by atoms with E-state index in [4.69, 9.17) is 18.6 Å². The van der Waals surface area contributed by atoms with E-state index >= 15 is 0 Å². The summed E-state index contributed by atoms with van der Waals surface area (Å²) in [7, 11) is -0.754. The standard InChI is InChI=1S/C28H30N3.ClHO4/c1-27(2)21-11-7-9-13-23(21)30(5)25(27)17-15-20(19-29)16-18-26-28(3,4)22-12-8-10-14-24(22)31(26)6;2-1(3,4)5/h7-18H,1-6H3;(H,2,3,4,5)/q+1;/p-1. The van der Waals surface area contributed by atoms with Crippen molar-refractivity contribution in [2.75, 3.05) is 19.0 Å². The van der Waals surface area contributed by atoms with E-state index < -0.39 is 10.2 Å². The minimum Gasteiger partial charge on any atom is -0.347 e. The molecule has 0 N–H and O–H groups in total. The molecule has 0 saturated heterocycles. The SMILES string of the molecule is CN1C(=CC=C(C#N)C=CC2=[N+](C)c3ccccc3C2(C)C)C(C)(C)c2ccccc21.[O-][Cl+3]([O-])([O-])[O-]. The first kappa shape index (κ1) is 27.3. The van der Waals surface area contributed by atoms with Crippen LogP contribution in [0, 0.1) is 21.6 Å².